The molecule has 0 fully saturated rings. The molecule has 1 aromatic heterocycles. The lowest BCUT2D eigenvalue weighted by atomic mass is 10.0. The number of aromatic nitrogens is 2. The van der Waals surface area contributed by atoms with Crippen molar-refractivity contribution in [1.29, 1.82) is 0 Å². The number of aliphatic hydroxyl groups is 3. The van der Waals surface area contributed by atoms with E-state index in [0.29, 0.717) is 11.6 Å². The Bertz CT molecular complexity index is 376. The third kappa shape index (κ3) is 2.78. The molecule has 0 aliphatic rings. The van der Waals surface area contributed by atoms with Crippen molar-refractivity contribution in [3.63, 3.8) is 0 Å². The van der Waals surface area contributed by atoms with Crippen LogP contribution >= 0.6 is 0 Å². The van der Waals surface area contributed by atoms with Gasteiger partial charge in [-0.05, 0) is 0 Å². The summed E-state index contributed by atoms with van der Waals surface area (Å²) in [5.41, 5.74) is -1.27. The smallest absolute Gasteiger partial charge is 0.204 e. The summed E-state index contributed by atoms with van der Waals surface area (Å²) in [4.78, 5) is 7.93. The first-order valence-corrected chi connectivity index (χ1v) is 5.34. The van der Waals surface area contributed by atoms with Crippen molar-refractivity contribution in [2.45, 2.75) is 5.54 Å². The number of nitrogens with zero attached hydrogens (tertiary/aromatic N) is 2. The van der Waals surface area contributed by atoms with Crippen LogP contribution in [0.2, 0.25) is 0 Å². The van der Waals surface area contributed by atoms with Gasteiger partial charge in [-0.25, -0.2) is 9.97 Å². The Labute approximate surface area is 105 Å². The van der Waals surface area contributed by atoms with Crippen molar-refractivity contribution in [3.8, 4) is 5.75 Å². The van der Waals surface area contributed by atoms with Crippen molar-refractivity contribution >= 4 is 11.6 Å². The van der Waals surface area contributed by atoms with Crippen LogP contribution in [0.4, 0.5) is 11.6 Å². The summed E-state index contributed by atoms with van der Waals surface area (Å²) in [5, 5.41) is 33.3. The summed E-state index contributed by atoms with van der Waals surface area (Å²) >= 11 is 0. The van der Waals surface area contributed by atoms with Crippen LogP contribution in [0.25, 0.3) is 0 Å². The van der Waals surface area contributed by atoms with Crippen molar-refractivity contribution in [1.82, 2.24) is 9.97 Å². The van der Waals surface area contributed by atoms with E-state index in [-0.39, 0.29) is 5.82 Å². The molecule has 0 saturated carbocycles. The summed E-state index contributed by atoms with van der Waals surface area (Å²) in [6.07, 6.45) is 1.30. The molecule has 0 aromatic carbocycles. The number of methoxy groups -OCH3 is 1. The van der Waals surface area contributed by atoms with Gasteiger partial charge in [-0.1, -0.05) is 0 Å². The third-order valence-electron chi connectivity index (χ3n) is 2.54. The van der Waals surface area contributed by atoms with E-state index in [9.17, 15) is 15.3 Å². The Hall–Kier alpha value is -1.64. The van der Waals surface area contributed by atoms with E-state index in [0.717, 1.165) is 0 Å². The highest BCUT2D eigenvalue weighted by atomic mass is 16.5. The predicted molar refractivity (Wildman–Crippen MR) is 65.7 cm³/mol. The van der Waals surface area contributed by atoms with E-state index in [1.54, 1.807) is 7.05 Å². The highest BCUT2D eigenvalue weighted by Crippen LogP contribution is 2.30. The first kappa shape index (κ1) is 14.4. The topological polar surface area (TPSA) is 120 Å². The van der Waals surface area contributed by atoms with Gasteiger partial charge in [-0.15, -0.1) is 0 Å². The molecule has 1 heterocycles. The van der Waals surface area contributed by atoms with Gasteiger partial charge in [0.1, 0.15) is 11.9 Å². The first-order chi connectivity index (χ1) is 8.66. The van der Waals surface area contributed by atoms with Gasteiger partial charge in [0.15, 0.2) is 11.6 Å². The monoisotopic (exact) mass is 258 g/mol. The van der Waals surface area contributed by atoms with E-state index in [1.807, 2.05) is 0 Å². The maximum Gasteiger partial charge on any atom is 0.204 e. The molecular weight excluding hydrogens is 240 g/mol. The lowest BCUT2D eigenvalue weighted by Gasteiger charge is -2.29. The van der Waals surface area contributed by atoms with Gasteiger partial charge in [0, 0.05) is 7.05 Å². The molecule has 1 aromatic rings. The van der Waals surface area contributed by atoms with Gasteiger partial charge in [-0.2, -0.15) is 0 Å². The maximum atomic E-state index is 9.25. The first-order valence-electron chi connectivity index (χ1n) is 5.34. The molecule has 0 amide bonds. The Morgan fingerprint density at radius 3 is 2.17 bits per heavy atom. The van der Waals surface area contributed by atoms with E-state index in [2.05, 4.69) is 20.6 Å². The molecule has 0 aliphatic heterocycles. The van der Waals surface area contributed by atoms with Gasteiger partial charge in [0.25, 0.3) is 0 Å². The highest BCUT2D eigenvalue weighted by molar-refractivity contribution is 5.64. The van der Waals surface area contributed by atoms with Gasteiger partial charge in [0.2, 0.25) is 5.75 Å². The average Bonchev–Trinajstić information content (AvgIpc) is 2.44. The SMILES string of the molecule is CNc1ncnc(NC(CO)(CO)CO)c1OC. The summed E-state index contributed by atoms with van der Waals surface area (Å²) in [7, 11) is 3.12. The van der Waals surface area contributed by atoms with Crippen molar-refractivity contribution in [2.75, 3.05) is 44.6 Å². The lowest BCUT2D eigenvalue weighted by Crippen LogP contribution is -2.49. The second-order valence-electron chi connectivity index (χ2n) is 3.73. The largest absolute Gasteiger partial charge is 0.490 e. The molecular formula is C10H18N4O4. The number of anilines is 2. The zero-order valence-electron chi connectivity index (χ0n) is 10.3. The van der Waals surface area contributed by atoms with Gasteiger partial charge in [-0.3, -0.25) is 0 Å². The number of hydrogen-bond donors (Lipinski definition) is 5. The van der Waals surface area contributed by atoms with Crippen LogP contribution in [0.3, 0.4) is 0 Å². The molecule has 0 bridgehead atoms. The Kier molecular flexibility index (Phi) is 5.08. The maximum absolute atomic E-state index is 9.25. The van der Waals surface area contributed by atoms with E-state index in [4.69, 9.17) is 4.74 Å². The lowest BCUT2D eigenvalue weighted by molar-refractivity contribution is 0.0829. The summed E-state index contributed by atoms with van der Waals surface area (Å²) in [6, 6.07) is 0. The molecule has 5 N–H and O–H groups in total. The average molecular weight is 258 g/mol. The fraction of sp³-hybridized carbons (Fsp3) is 0.600. The number of hydrogen-bond acceptors (Lipinski definition) is 8. The Morgan fingerprint density at radius 1 is 1.17 bits per heavy atom. The minimum atomic E-state index is -1.27. The van der Waals surface area contributed by atoms with E-state index >= 15 is 0 Å². The zero-order valence-corrected chi connectivity index (χ0v) is 10.3. The normalized spacial score (nSPS) is 11.2. The van der Waals surface area contributed by atoms with Crippen molar-refractivity contribution in [2.24, 2.45) is 0 Å². The fourth-order valence-electron chi connectivity index (χ4n) is 1.35. The van der Waals surface area contributed by atoms with Crippen LogP contribution < -0.4 is 15.4 Å². The minimum Gasteiger partial charge on any atom is -0.490 e. The van der Waals surface area contributed by atoms with Gasteiger partial charge in [0.05, 0.1) is 26.9 Å². The molecule has 102 valence electrons. The minimum absolute atomic E-state index is 0.272. The van der Waals surface area contributed by atoms with Crippen LogP contribution in [0.15, 0.2) is 6.33 Å². The third-order valence-corrected chi connectivity index (χ3v) is 2.54. The highest BCUT2D eigenvalue weighted by Gasteiger charge is 2.30. The number of ether oxygens (including phenoxy) is 1. The number of rotatable bonds is 7. The fourth-order valence-corrected chi connectivity index (χ4v) is 1.35. The molecule has 0 saturated heterocycles. The molecule has 0 spiro atoms. The molecule has 8 nitrogen and oxygen atoms in total. The van der Waals surface area contributed by atoms with Gasteiger partial charge >= 0.3 is 0 Å². The second-order valence-corrected chi connectivity index (χ2v) is 3.73. The number of aliphatic hydroxyl groups excluding tert-OH is 3. The van der Waals surface area contributed by atoms with Crippen LogP contribution in [0, 0.1) is 0 Å². The second kappa shape index (κ2) is 6.34. The molecule has 8 heteroatoms. The molecule has 1 rings (SSSR count). The molecule has 0 radical (unpaired) electrons. The molecule has 0 atom stereocenters. The standard InChI is InChI=1S/C10H18N4O4/c1-11-8-7(18-2)9(13-6-12-8)14-10(3-15,4-16)5-17/h6,15-17H,3-5H2,1-2H3,(H2,11,12,13,14). The molecule has 0 unspecified atom stereocenters. The van der Waals surface area contributed by atoms with Crippen LogP contribution in [0.1, 0.15) is 0 Å². The van der Waals surface area contributed by atoms with Crippen molar-refractivity contribution < 1.29 is 20.1 Å². The summed E-state index contributed by atoms with van der Waals surface area (Å²) in [6.45, 7) is -1.37. The molecule has 0 aliphatic carbocycles. The van der Waals surface area contributed by atoms with E-state index < -0.39 is 25.4 Å². The van der Waals surface area contributed by atoms with Crippen LogP contribution in [0.5, 0.6) is 5.75 Å². The summed E-state index contributed by atoms with van der Waals surface area (Å²) in [5.74, 6) is 1.06. The van der Waals surface area contributed by atoms with Crippen LogP contribution in [-0.4, -0.2) is 64.8 Å². The Balaban J connectivity index is 3.09. The van der Waals surface area contributed by atoms with Crippen LogP contribution in [-0.2, 0) is 0 Å². The van der Waals surface area contributed by atoms with Gasteiger partial charge < -0.3 is 30.7 Å². The van der Waals surface area contributed by atoms with E-state index in [1.165, 1.54) is 13.4 Å². The quantitative estimate of drug-likeness (QED) is 0.407. The number of nitrogens with one attached hydrogen (secondary N) is 2. The zero-order chi connectivity index (χ0) is 13.6. The molecule has 18 heavy (non-hydrogen) atoms. The Morgan fingerprint density at radius 2 is 1.72 bits per heavy atom. The predicted octanol–water partition coefficient (Wildman–Crippen LogP) is -1.35. The van der Waals surface area contributed by atoms with Crippen molar-refractivity contribution in [3.05, 3.63) is 6.33 Å². The summed E-state index contributed by atoms with van der Waals surface area (Å²) < 4.78 is 5.15.